The van der Waals surface area contributed by atoms with E-state index in [-0.39, 0.29) is 12.3 Å². The minimum Gasteiger partial charge on any atom is -0.461 e. The summed E-state index contributed by atoms with van der Waals surface area (Å²) < 4.78 is 33.5. The van der Waals surface area contributed by atoms with Gasteiger partial charge < -0.3 is 9.32 Å². The van der Waals surface area contributed by atoms with E-state index in [1.807, 2.05) is 24.3 Å². The number of furan rings is 1. The number of fused-ring (bicyclic) bond motifs is 1. The van der Waals surface area contributed by atoms with E-state index in [0.717, 1.165) is 59.3 Å². The van der Waals surface area contributed by atoms with Gasteiger partial charge in [-0.1, -0.05) is 31.5 Å². The highest BCUT2D eigenvalue weighted by molar-refractivity contribution is 7.91. The predicted molar refractivity (Wildman–Crippen MR) is 127 cm³/mol. The molecule has 1 amide bonds. The number of nitrogens with zero attached hydrogens (tertiary/aromatic N) is 2. The summed E-state index contributed by atoms with van der Waals surface area (Å²) in [7, 11) is -1.64. The standard InChI is InChI=1S/C24H30N2O4S2/c1-3-4-10-22-20(19-9-5-6-11-21(19)30-22)17-25(2)23(27)16-18-12-13-24(31-18)32(28,29)26-14-7-8-15-26/h5-6,9,11-13H,3-4,7-8,10,14-17H2,1-2H3. The number of carbonyl (C=O) groups excluding carboxylic acids is 1. The van der Waals surface area contributed by atoms with Gasteiger partial charge in [-0.05, 0) is 37.5 Å². The topological polar surface area (TPSA) is 70.8 Å². The van der Waals surface area contributed by atoms with Crippen molar-refractivity contribution >= 4 is 38.2 Å². The number of sulfonamides is 1. The van der Waals surface area contributed by atoms with E-state index < -0.39 is 10.0 Å². The average Bonchev–Trinajstić information content (AvgIpc) is 3.53. The first-order chi connectivity index (χ1) is 15.4. The van der Waals surface area contributed by atoms with Crippen LogP contribution in [-0.4, -0.2) is 43.7 Å². The van der Waals surface area contributed by atoms with Crippen LogP contribution in [0.25, 0.3) is 11.0 Å². The Morgan fingerprint density at radius 3 is 2.66 bits per heavy atom. The van der Waals surface area contributed by atoms with Crippen LogP contribution in [-0.2, 0) is 34.2 Å². The lowest BCUT2D eigenvalue weighted by molar-refractivity contribution is -0.129. The number of hydrogen-bond donors (Lipinski definition) is 0. The second-order valence-corrected chi connectivity index (χ2v) is 11.7. The second kappa shape index (κ2) is 9.77. The van der Waals surface area contributed by atoms with Gasteiger partial charge in [0, 0.05) is 48.9 Å². The van der Waals surface area contributed by atoms with E-state index in [1.165, 1.54) is 11.3 Å². The highest BCUT2D eigenvalue weighted by atomic mass is 32.2. The van der Waals surface area contributed by atoms with E-state index in [2.05, 4.69) is 6.92 Å². The maximum Gasteiger partial charge on any atom is 0.252 e. The van der Waals surface area contributed by atoms with Gasteiger partial charge in [0.2, 0.25) is 5.91 Å². The van der Waals surface area contributed by atoms with Crippen LogP contribution in [0.4, 0.5) is 0 Å². The van der Waals surface area contributed by atoms with Gasteiger partial charge >= 0.3 is 0 Å². The minimum atomic E-state index is -3.44. The van der Waals surface area contributed by atoms with E-state index in [4.69, 9.17) is 4.42 Å². The molecular formula is C24H30N2O4S2. The van der Waals surface area contributed by atoms with Crippen molar-refractivity contribution in [3.8, 4) is 0 Å². The molecule has 2 aromatic heterocycles. The number of carbonyl (C=O) groups is 1. The van der Waals surface area contributed by atoms with E-state index in [9.17, 15) is 13.2 Å². The first-order valence-electron chi connectivity index (χ1n) is 11.2. The van der Waals surface area contributed by atoms with Crippen LogP contribution in [0, 0.1) is 0 Å². The lowest BCUT2D eigenvalue weighted by Crippen LogP contribution is -2.28. The second-order valence-electron chi connectivity index (χ2n) is 8.36. The van der Waals surface area contributed by atoms with E-state index in [0.29, 0.717) is 23.8 Å². The molecule has 0 N–H and O–H groups in total. The zero-order chi connectivity index (χ0) is 22.7. The van der Waals surface area contributed by atoms with Crippen LogP contribution in [0.1, 0.15) is 48.8 Å². The third-order valence-corrected chi connectivity index (χ3v) is 9.43. The summed E-state index contributed by atoms with van der Waals surface area (Å²) in [6.45, 7) is 3.78. The Hall–Kier alpha value is -2.16. The van der Waals surface area contributed by atoms with Crippen molar-refractivity contribution in [1.29, 1.82) is 0 Å². The maximum atomic E-state index is 13.0. The number of para-hydroxylation sites is 1. The first kappa shape index (κ1) is 23.0. The largest absolute Gasteiger partial charge is 0.461 e. The Balaban J connectivity index is 1.47. The molecule has 3 aromatic rings. The zero-order valence-electron chi connectivity index (χ0n) is 18.7. The van der Waals surface area contributed by atoms with Gasteiger partial charge in [0.05, 0.1) is 6.42 Å². The smallest absolute Gasteiger partial charge is 0.252 e. The molecule has 3 heterocycles. The molecule has 0 bridgehead atoms. The van der Waals surface area contributed by atoms with Crippen LogP contribution >= 0.6 is 11.3 Å². The summed E-state index contributed by atoms with van der Waals surface area (Å²) >= 11 is 1.20. The van der Waals surface area contributed by atoms with Crippen molar-refractivity contribution < 1.29 is 17.6 Å². The van der Waals surface area contributed by atoms with Crippen molar-refractivity contribution in [1.82, 2.24) is 9.21 Å². The van der Waals surface area contributed by atoms with Gasteiger partial charge in [0.25, 0.3) is 10.0 Å². The lowest BCUT2D eigenvalue weighted by atomic mass is 10.1. The maximum absolute atomic E-state index is 13.0. The molecule has 1 aliphatic heterocycles. The van der Waals surface area contributed by atoms with Gasteiger partial charge in [-0.25, -0.2) is 8.42 Å². The van der Waals surface area contributed by atoms with Crippen molar-refractivity contribution in [3.63, 3.8) is 0 Å². The number of hydrogen-bond acceptors (Lipinski definition) is 5. The van der Waals surface area contributed by atoms with E-state index in [1.54, 1.807) is 28.4 Å². The monoisotopic (exact) mass is 474 g/mol. The van der Waals surface area contributed by atoms with Crippen LogP contribution in [0.2, 0.25) is 0 Å². The Morgan fingerprint density at radius 1 is 1.16 bits per heavy atom. The van der Waals surface area contributed by atoms with Crippen LogP contribution < -0.4 is 0 Å². The Bertz CT molecular complexity index is 1190. The Kier molecular flexibility index (Phi) is 7.02. The third-order valence-electron chi connectivity index (χ3n) is 5.98. The molecule has 1 aromatic carbocycles. The lowest BCUT2D eigenvalue weighted by Gasteiger charge is -2.17. The van der Waals surface area contributed by atoms with Gasteiger partial charge in [-0.3, -0.25) is 4.79 Å². The molecule has 0 aliphatic carbocycles. The van der Waals surface area contributed by atoms with Crippen LogP contribution in [0.5, 0.6) is 0 Å². The van der Waals surface area contributed by atoms with Gasteiger partial charge in [0.1, 0.15) is 15.6 Å². The number of thiophene rings is 1. The van der Waals surface area contributed by atoms with Crippen LogP contribution in [0.3, 0.4) is 0 Å². The fourth-order valence-corrected chi connectivity index (χ4v) is 7.14. The fraction of sp³-hybridized carbons (Fsp3) is 0.458. The van der Waals surface area contributed by atoms with Crippen molar-refractivity contribution in [2.45, 2.75) is 56.2 Å². The minimum absolute atomic E-state index is 0.0382. The molecule has 8 heteroatoms. The molecule has 4 rings (SSSR count). The summed E-state index contributed by atoms with van der Waals surface area (Å²) in [5.74, 6) is 0.909. The summed E-state index contributed by atoms with van der Waals surface area (Å²) in [4.78, 5) is 15.4. The molecule has 32 heavy (non-hydrogen) atoms. The Labute approximate surface area is 193 Å². The molecule has 0 unspecified atom stereocenters. The first-order valence-corrected chi connectivity index (χ1v) is 13.5. The van der Waals surface area contributed by atoms with Crippen LogP contribution in [0.15, 0.2) is 45.0 Å². The molecule has 172 valence electrons. The van der Waals surface area contributed by atoms with Gasteiger partial charge in [-0.2, -0.15) is 4.31 Å². The summed E-state index contributed by atoms with van der Waals surface area (Å²) in [6.07, 6.45) is 4.97. The average molecular weight is 475 g/mol. The predicted octanol–water partition coefficient (Wildman–Crippen LogP) is 4.82. The molecule has 6 nitrogen and oxygen atoms in total. The molecule has 1 aliphatic rings. The Morgan fingerprint density at radius 2 is 1.91 bits per heavy atom. The highest BCUT2D eigenvalue weighted by Crippen LogP contribution is 2.30. The van der Waals surface area contributed by atoms with Crippen molar-refractivity contribution in [3.05, 3.63) is 52.6 Å². The molecule has 0 spiro atoms. The number of amides is 1. The highest BCUT2D eigenvalue weighted by Gasteiger charge is 2.29. The normalized spacial score (nSPS) is 14.9. The molecule has 0 saturated carbocycles. The fourth-order valence-electron chi connectivity index (χ4n) is 4.12. The van der Waals surface area contributed by atoms with Gasteiger partial charge in [-0.15, -0.1) is 11.3 Å². The number of aryl methyl sites for hydroxylation is 1. The third kappa shape index (κ3) is 4.77. The molecule has 0 radical (unpaired) electrons. The van der Waals surface area contributed by atoms with Gasteiger partial charge in [0.15, 0.2) is 0 Å². The molecular weight excluding hydrogens is 444 g/mol. The number of benzene rings is 1. The molecule has 1 saturated heterocycles. The molecule has 1 fully saturated rings. The summed E-state index contributed by atoms with van der Waals surface area (Å²) in [5, 5.41) is 1.05. The van der Waals surface area contributed by atoms with Crippen molar-refractivity contribution in [2.24, 2.45) is 0 Å². The van der Waals surface area contributed by atoms with Crippen molar-refractivity contribution in [2.75, 3.05) is 20.1 Å². The molecule has 0 atom stereocenters. The quantitative estimate of drug-likeness (QED) is 0.446. The number of unbranched alkanes of at least 4 members (excludes halogenated alkanes) is 1. The number of likely N-dealkylation sites (N-methyl/N-ethyl adjacent to an activating group) is 1. The number of rotatable bonds is 9. The summed E-state index contributed by atoms with van der Waals surface area (Å²) in [6, 6.07) is 11.3. The summed E-state index contributed by atoms with van der Waals surface area (Å²) in [5.41, 5.74) is 1.91. The van der Waals surface area contributed by atoms with E-state index >= 15 is 0 Å². The zero-order valence-corrected chi connectivity index (χ0v) is 20.3. The SMILES string of the molecule is CCCCc1oc2ccccc2c1CN(C)C(=O)Cc1ccc(S(=O)(=O)N2CCCC2)s1.